The highest BCUT2D eigenvalue weighted by Gasteiger charge is 2.39. The molecule has 0 radical (unpaired) electrons. The fraction of sp³-hybridized carbons (Fsp3) is 0.0769. The molecule has 0 aliphatic rings. The lowest BCUT2D eigenvalue weighted by Crippen LogP contribution is -2.43. The lowest BCUT2D eigenvalue weighted by molar-refractivity contribution is -0.384. The van der Waals surface area contributed by atoms with E-state index >= 15 is 0 Å². The highest BCUT2D eigenvalue weighted by molar-refractivity contribution is 5.91. The molecule has 8 heteroatoms. The first-order valence-electron chi connectivity index (χ1n) is 10.4. The molecule has 0 saturated carbocycles. The second kappa shape index (κ2) is 9.51. The number of aryl methyl sites for hydroxylation is 1. The maximum atomic E-state index is 13.1. The van der Waals surface area contributed by atoms with Crippen molar-refractivity contribution in [2.75, 3.05) is 0 Å². The maximum absolute atomic E-state index is 13.1. The Kier molecular flexibility index (Phi) is 6.33. The molecular weight excluding hydrogens is 434 g/mol. The van der Waals surface area contributed by atoms with Gasteiger partial charge in [-0.1, -0.05) is 60.7 Å². The largest absolute Gasteiger partial charge is 0.455 e. The van der Waals surface area contributed by atoms with Crippen LogP contribution in [0.3, 0.4) is 0 Å². The van der Waals surface area contributed by atoms with Crippen molar-refractivity contribution < 1.29 is 19.2 Å². The fourth-order valence-electron chi connectivity index (χ4n) is 3.63. The average molecular weight is 455 g/mol. The first-order valence-corrected chi connectivity index (χ1v) is 10.4. The predicted molar refractivity (Wildman–Crippen MR) is 127 cm³/mol. The Balaban J connectivity index is 1.54. The number of furan rings is 1. The molecule has 4 rings (SSSR count). The number of hydrazone groups is 1. The molecule has 1 amide bonds. The van der Waals surface area contributed by atoms with Gasteiger partial charge in [0, 0.05) is 17.7 Å². The van der Waals surface area contributed by atoms with Crippen molar-refractivity contribution >= 4 is 17.8 Å². The lowest BCUT2D eigenvalue weighted by atomic mass is 9.85. The maximum Gasteiger partial charge on any atom is 0.281 e. The molecule has 0 saturated heterocycles. The van der Waals surface area contributed by atoms with Crippen molar-refractivity contribution in [1.29, 1.82) is 0 Å². The number of nitro benzene ring substituents is 1. The molecular formula is C26H21N3O5. The van der Waals surface area contributed by atoms with Gasteiger partial charge in [-0.05, 0) is 41.8 Å². The average Bonchev–Trinajstić information content (AvgIpc) is 3.33. The van der Waals surface area contributed by atoms with Crippen molar-refractivity contribution in [3.63, 3.8) is 0 Å². The van der Waals surface area contributed by atoms with E-state index < -0.39 is 16.4 Å². The van der Waals surface area contributed by atoms with Crippen LogP contribution in [0.4, 0.5) is 5.69 Å². The molecule has 3 aromatic carbocycles. The summed E-state index contributed by atoms with van der Waals surface area (Å²) in [6.45, 7) is 1.76. The minimum Gasteiger partial charge on any atom is -0.455 e. The number of amides is 1. The number of nitro groups is 1. The summed E-state index contributed by atoms with van der Waals surface area (Å²) in [5.41, 5.74) is 2.66. The topological polar surface area (TPSA) is 118 Å². The summed E-state index contributed by atoms with van der Waals surface area (Å²) in [7, 11) is 0. The molecule has 4 aromatic rings. The van der Waals surface area contributed by atoms with E-state index in [9.17, 15) is 20.0 Å². The van der Waals surface area contributed by atoms with Crippen LogP contribution in [0.2, 0.25) is 0 Å². The molecule has 170 valence electrons. The molecule has 0 unspecified atom stereocenters. The van der Waals surface area contributed by atoms with Gasteiger partial charge in [0.05, 0.1) is 11.1 Å². The van der Waals surface area contributed by atoms with Crippen LogP contribution in [-0.2, 0) is 10.4 Å². The van der Waals surface area contributed by atoms with Gasteiger partial charge in [0.1, 0.15) is 11.5 Å². The van der Waals surface area contributed by atoms with E-state index in [1.807, 2.05) is 0 Å². The van der Waals surface area contributed by atoms with Crippen LogP contribution in [0.25, 0.3) is 11.3 Å². The van der Waals surface area contributed by atoms with Crippen LogP contribution in [0, 0.1) is 17.0 Å². The van der Waals surface area contributed by atoms with Gasteiger partial charge < -0.3 is 9.52 Å². The third kappa shape index (κ3) is 4.48. The summed E-state index contributed by atoms with van der Waals surface area (Å²) in [6.07, 6.45) is 1.32. The highest BCUT2D eigenvalue weighted by Crippen LogP contribution is 2.30. The zero-order valence-corrected chi connectivity index (χ0v) is 18.2. The zero-order valence-electron chi connectivity index (χ0n) is 18.2. The van der Waals surface area contributed by atoms with Crippen LogP contribution in [-0.4, -0.2) is 22.2 Å². The van der Waals surface area contributed by atoms with Gasteiger partial charge in [0.2, 0.25) is 0 Å². The van der Waals surface area contributed by atoms with Crippen LogP contribution >= 0.6 is 0 Å². The molecule has 2 N–H and O–H groups in total. The quantitative estimate of drug-likeness (QED) is 0.241. The summed E-state index contributed by atoms with van der Waals surface area (Å²) < 4.78 is 5.75. The number of carbonyl (C=O) groups excluding carboxylic acids is 1. The molecule has 0 aliphatic carbocycles. The molecule has 0 atom stereocenters. The molecule has 8 nitrogen and oxygen atoms in total. The molecule has 1 aromatic heterocycles. The summed E-state index contributed by atoms with van der Waals surface area (Å²) in [5, 5.41) is 26.3. The summed E-state index contributed by atoms with van der Waals surface area (Å²) in [4.78, 5) is 23.5. The van der Waals surface area contributed by atoms with E-state index in [4.69, 9.17) is 4.42 Å². The van der Waals surface area contributed by atoms with Crippen molar-refractivity contribution in [2.24, 2.45) is 5.10 Å². The van der Waals surface area contributed by atoms with E-state index in [0.717, 1.165) is 0 Å². The molecule has 0 spiro atoms. The Morgan fingerprint density at radius 1 is 1.00 bits per heavy atom. The van der Waals surface area contributed by atoms with Crippen molar-refractivity contribution in [3.05, 3.63) is 124 Å². The number of rotatable bonds is 7. The molecule has 0 bridgehead atoms. The molecule has 34 heavy (non-hydrogen) atoms. The van der Waals surface area contributed by atoms with Gasteiger partial charge in [-0.15, -0.1) is 0 Å². The number of nitrogens with one attached hydrogen (secondary N) is 1. The van der Waals surface area contributed by atoms with Gasteiger partial charge in [0.25, 0.3) is 11.6 Å². The monoisotopic (exact) mass is 455 g/mol. The minimum atomic E-state index is -1.94. The number of carbonyl (C=O) groups is 1. The normalized spacial score (nSPS) is 11.5. The van der Waals surface area contributed by atoms with E-state index in [1.165, 1.54) is 18.3 Å². The van der Waals surface area contributed by atoms with Crippen LogP contribution in [0.1, 0.15) is 22.5 Å². The van der Waals surface area contributed by atoms with Crippen molar-refractivity contribution in [3.8, 4) is 11.3 Å². The number of non-ortho nitro benzene ring substituents is 1. The van der Waals surface area contributed by atoms with Gasteiger partial charge in [0.15, 0.2) is 5.60 Å². The van der Waals surface area contributed by atoms with Crippen molar-refractivity contribution in [1.82, 2.24) is 5.43 Å². The first kappa shape index (κ1) is 22.6. The summed E-state index contributed by atoms with van der Waals surface area (Å²) in [6, 6.07) is 25.1. The van der Waals surface area contributed by atoms with Crippen LogP contribution in [0.5, 0.6) is 0 Å². The Morgan fingerprint density at radius 3 is 2.18 bits per heavy atom. The third-order valence-corrected chi connectivity index (χ3v) is 5.38. The number of benzene rings is 3. The lowest BCUT2D eigenvalue weighted by Gasteiger charge is -2.26. The van der Waals surface area contributed by atoms with Crippen LogP contribution in [0.15, 0.2) is 101 Å². The molecule has 0 aliphatic heterocycles. The van der Waals surface area contributed by atoms with E-state index in [-0.39, 0.29) is 5.69 Å². The standard InChI is InChI=1S/C26H21N3O5/c1-18-16-21(29(32)33)12-14-23(18)24-15-13-22(34-24)17-27-28-25(30)26(31,19-8-4-2-5-9-19)20-10-6-3-7-11-20/h2-17,31H,1H3,(H,28,30)/b27-17-. The number of aliphatic hydroxyl groups is 1. The Hall–Kier alpha value is -4.56. The van der Waals surface area contributed by atoms with Crippen molar-refractivity contribution in [2.45, 2.75) is 12.5 Å². The third-order valence-electron chi connectivity index (χ3n) is 5.38. The summed E-state index contributed by atoms with van der Waals surface area (Å²) >= 11 is 0. The van der Waals surface area contributed by atoms with Crippen LogP contribution < -0.4 is 5.43 Å². The number of hydrogen-bond acceptors (Lipinski definition) is 6. The first-order chi connectivity index (χ1) is 16.4. The summed E-state index contributed by atoms with van der Waals surface area (Å²) in [5.74, 6) is 0.139. The smallest absolute Gasteiger partial charge is 0.281 e. The second-order valence-corrected chi connectivity index (χ2v) is 7.60. The minimum absolute atomic E-state index is 0.00150. The van der Waals surface area contributed by atoms with Gasteiger partial charge in [-0.3, -0.25) is 14.9 Å². The second-order valence-electron chi connectivity index (χ2n) is 7.60. The Morgan fingerprint density at radius 2 is 1.62 bits per heavy atom. The Labute approximate surface area is 195 Å². The zero-order chi connectivity index (χ0) is 24.1. The van der Waals surface area contributed by atoms with Gasteiger partial charge >= 0.3 is 0 Å². The van der Waals surface area contributed by atoms with E-state index in [0.29, 0.717) is 33.8 Å². The molecule has 1 heterocycles. The fourth-order valence-corrected chi connectivity index (χ4v) is 3.63. The van der Waals surface area contributed by atoms with Gasteiger partial charge in [-0.25, -0.2) is 5.43 Å². The SMILES string of the molecule is Cc1cc([N+](=O)[O-])ccc1-c1ccc(/C=N\NC(=O)C(O)(c2ccccc2)c2ccccc2)o1. The highest BCUT2D eigenvalue weighted by atomic mass is 16.6. The predicted octanol–water partition coefficient (Wildman–Crippen LogP) is 4.55. The van der Waals surface area contributed by atoms with Gasteiger partial charge in [-0.2, -0.15) is 5.10 Å². The molecule has 0 fully saturated rings. The number of nitrogens with zero attached hydrogens (tertiary/aromatic N) is 2. The number of hydrogen-bond donors (Lipinski definition) is 2. The van der Waals surface area contributed by atoms with E-state index in [2.05, 4.69) is 10.5 Å². The van der Waals surface area contributed by atoms with E-state index in [1.54, 1.807) is 85.8 Å². The Bertz CT molecular complexity index is 1310.